The van der Waals surface area contributed by atoms with Gasteiger partial charge in [-0.25, -0.2) is 0 Å². The van der Waals surface area contributed by atoms with Crippen molar-refractivity contribution < 1.29 is 14.6 Å². The average molecular weight is 307 g/mol. The second kappa shape index (κ2) is 7.96. The summed E-state index contributed by atoms with van der Waals surface area (Å²) in [4.78, 5) is 12.2. The topological polar surface area (TPSA) is 58.6 Å². The molecule has 0 aliphatic carbocycles. The Morgan fingerprint density at radius 3 is 2.76 bits per heavy atom. The largest absolute Gasteiger partial charge is 0.495 e. The molecule has 4 nitrogen and oxygen atoms in total. The quantitative estimate of drug-likeness (QED) is 0.816. The normalized spacial score (nSPS) is 10.5. The maximum absolute atomic E-state index is 12.2. The molecular formula is C16H21NO3S. The zero-order valence-electron chi connectivity index (χ0n) is 12.8. The summed E-state index contributed by atoms with van der Waals surface area (Å²) < 4.78 is 5.18. The lowest BCUT2D eigenvalue weighted by Crippen LogP contribution is -2.36. The molecule has 0 aliphatic rings. The van der Waals surface area contributed by atoms with Crippen LogP contribution in [0.15, 0.2) is 18.2 Å². The molecule has 1 amide bonds. The second-order valence-corrected chi connectivity index (χ2v) is 6.53. The van der Waals surface area contributed by atoms with Crippen LogP contribution in [0.2, 0.25) is 0 Å². The van der Waals surface area contributed by atoms with Crippen LogP contribution in [0.25, 0.3) is 0 Å². The highest BCUT2D eigenvalue weighted by molar-refractivity contribution is 7.99. The number of benzene rings is 1. The third-order valence-corrected chi connectivity index (χ3v) is 4.24. The number of aliphatic hydroxyl groups excluding tert-OH is 1. The molecule has 0 saturated heterocycles. The maximum Gasteiger partial charge on any atom is 0.251 e. The summed E-state index contributed by atoms with van der Waals surface area (Å²) in [6.45, 7) is 4.49. The molecule has 1 aromatic carbocycles. The van der Waals surface area contributed by atoms with E-state index >= 15 is 0 Å². The number of amides is 1. The number of carbonyl (C=O) groups is 1. The van der Waals surface area contributed by atoms with Gasteiger partial charge in [0.05, 0.1) is 12.7 Å². The number of aliphatic hydroxyl groups is 1. The number of nitrogens with one attached hydrogen (secondary N) is 1. The van der Waals surface area contributed by atoms with Gasteiger partial charge in [-0.15, -0.1) is 0 Å². The van der Waals surface area contributed by atoms with Crippen LogP contribution in [0, 0.1) is 11.8 Å². The number of rotatable bonds is 5. The van der Waals surface area contributed by atoms with Gasteiger partial charge in [-0.3, -0.25) is 4.79 Å². The number of hydrogen-bond donors (Lipinski definition) is 2. The summed E-state index contributed by atoms with van der Waals surface area (Å²) in [6, 6.07) is 5.07. The first kappa shape index (κ1) is 17.4. The van der Waals surface area contributed by atoms with E-state index < -0.39 is 0 Å². The van der Waals surface area contributed by atoms with E-state index in [-0.39, 0.29) is 17.3 Å². The molecule has 0 spiro atoms. The van der Waals surface area contributed by atoms with Gasteiger partial charge in [0.25, 0.3) is 5.91 Å². The van der Waals surface area contributed by atoms with Crippen molar-refractivity contribution in [3.63, 3.8) is 0 Å². The van der Waals surface area contributed by atoms with Crippen LogP contribution in [0.1, 0.15) is 29.8 Å². The molecule has 114 valence electrons. The first-order valence-corrected chi connectivity index (χ1v) is 7.77. The minimum absolute atomic E-state index is 0.0122. The fourth-order valence-corrected chi connectivity index (χ4v) is 1.77. The van der Waals surface area contributed by atoms with E-state index in [0.29, 0.717) is 23.4 Å². The summed E-state index contributed by atoms with van der Waals surface area (Å²) in [7, 11) is 1.54. The Hall–Kier alpha value is -1.64. The Labute approximate surface area is 130 Å². The van der Waals surface area contributed by atoms with E-state index in [2.05, 4.69) is 31.0 Å². The third kappa shape index (κ3) is 5.33. The minimum Gasteiger partial charge on any atom is -0.495 e. The van der Waals surface area contributed by atoms with Crippen molar-refractivity contribution in [2.75, 3.05) is 26.5 Å². The lowest BCUT2D eigenvalue weighted by molar-refractivity contribution is 0.0950. The van der Waals surface area contributed by atoms with Gasteiger partial charge in [0.2, 0.25) is 0 Å². The zero-order chi connectivity index (χ0) is 15.9. The number of hydrogen-bond acceptors (Lipinski definition) is 4. The molecule has 0 aliphatic heterocycles. The fourth-order valence-electron chi connectivity index (χ4n) is 1.55. The lowest BCUT2D eigenvalue weighted by atomic mass is 10.1. The molecular weight excluding hydrogens is 286 g/mol. The van der Waals surface area contributed by atoms with Crippen LogP contribution in [-0.2, 0) is 0 Å². The van der Waals surface area contributed by atoms with Crippen molar-refractivity contribution >= 4 is 17.7 Å². The molecule has 0 saturated carbocycles. The van der Waals surface area contributed by atoms with Crippen molar-refractivity contribution in [1.82, 2.24) is 5.32 Å². The summed E-state index contributed by atoms with van der Waals surface area (Å²) in [5.41, 5.74) is 1.11. The molecule has 2 N–H and O–H groups in total. The fraction of sp³-hybridized carbons (Fsp3) is 0.438. The van der Waals surface area contributed by atoms with E-state index in [4.69, 9.17) is 9.84 Å². The highest BCUT2D eigenvalue weighted by atomic mass is 32.2. The number of methoxy groups -OCH3 is 1. The van der Waals surface area contributed by atoms with Crippen molar-refractivity contribution in [3.8, 4) is 17.6 Å². The molecule has 0 bridgehead atoms. The smallest absolute Gasteiger partial charge is 0.251 e. The summed E-state index contributed by atoms with van der Waals surface area (Å²) >= 11 is 1.70. The average Bonchev–Trinajstić information content (AvgIpc) is 2.50. The van der Waals surface area contributed by atoms with Crippen LogP contribution in [0.3, 0.4) is 0 Å². The van der Waals surface area contributed by atoms with Gasteiger partial charge in [0.15, 0.2) is 0 Å². The lowest BCUT2D eigenvalue weighted by Gasteiger charge is -2.22. The van der Waals surface area contributed by atoms with Gasteiger partial charge in [0.1, 0.15) is 12.4 Å². The molecule has 0 unspecified atom stereocenters. The van der Waals surface area contributed by atoms with Gasteiger partial charge < -0.3 is 15.2 Å². The molecule has 0 radical (unpaired) electrons. The molecule has 21 heavy (non-hydrogen) atoms. The van der Waals surface area contributed by atoms with Gasteiger partial charge in [0, 0.05) is 16.9 Å². The number of ether oxygens (including phenoxy) is 1. The Kier molecular flexibility index (Phi) is 6.60. The Bertz CT molecular complexity index is 558. The molecule has 0 fully saturated rings. The summed E-state index contributed by atoms with van der Waals surface area (Å²) in [5.74, 6) is 5.78. The standard InChI is InChI=1S/C16H21NO3S/c1-16(2,21-4)11-17-15(19)13-7-8-14(20-3)12(10-13)6-5-9-18/h7-8,10,18H,9,11H2,1-4H3,(H,17,19). The van der Waals surface area contributed by atoms with Crippen LogP contribution in [-0.4, -0.2) is 42.3 Å². The molecule has 1 rings (SSSR count). The van der Waals surface area contributed by atoms with Crippen LogP contribution >= 0.6 is 11.8 Å². The van der Waals surface area contributed by atoms with Crippen molar-refractivity contribution in [2.24, 2.45) is 0 Å². The Morgan fingerprint density at radius 1 is 1.48 bits per heavy atom. The van der Waals surface area contributed by atoms with Gasteiger partial charge in [-0.1, -0.05) is 11.8 Å². The van der Waals surface area contributed by atoms with Crippen LogP contribution < -0.4 is 10.1 Å². The van der Waals surface area contributed by atoms with E-state index in [1.807, 2.05) is 6.26 Å². The van der Waals surface area contributed by atoms with Crippen molar-refractivity contribution in [1.29, 1.82) is 0 Å². The van der Waals surface area contributed by atoms with Crippen LogP contribution in [0.5, 0.6) is 5.75 Å². The zero-order valence-corrected chi connectivity index (χ0v) is 13.6. The summed E-state index contributed by atoms with van der Waals surface area (Å²) in [6.07, 6.45) is 2.02. The highest BCUT2D eigenvalue weighted by Crippen LogP contribution is 2.21. The predicted molar refractivity (Wildman–Crippen MR) is 86.9 cm³/mol. The minimum atomic E-state index is -0.235. The van der Waals surface area contributed by atoms with Gasteiger partial charge in [-0.2, -0.15) is 11.8 Å². The van der Waals surface area contributed by atoms with Gasteiger partial charge >= 0.3 is 0 Å². The van der Waals surface area contributed by atoms with E-state index in [1.165, 1.54) is 0 Å². The predicted octanol–water partition coefficient (Wildman–Crippen LogP) is 1.91. The third-order valence-electron chi connectivity index (χ3n) is 2.99. The number of thioether (sulfide) groups is 1. The highest BCUT2D eigenvalue weighted by Gasteiger charge is 2.18. The molecule has 5 heteroatoms. The SMILES string of the molecule is COc1ccc(C(=O)NCC(C)(C)SC)cc1C#CCO. The maximum atomic E-state index is 12.2. The van der Waals surface area contributed by atoms with E-state index in [9.17, 15) is 4.79 Å². The molecule has 0 atom stereocenters. The van der Waals surface area contributed by atoms with Gasteiger partial charge in [-0.05, 0) is 38.3 Å². The van der Waals surface area contributed by atoms with E-state index in [0.717, 1.165) is 0 Å². The van der Waals surface area contributed by atoms with E-state index in [1.54, 1.807) is 37.1 Å². The molecule has 0 heterocycles. The molecule has 1 aromatic rings. The van der Waals surface area contributed by atoms with Crippen molar-refractivity contribution in [3.05, 3.63) is 29.3 Å². The second-order valence-electron chi connectivity index (χ2n) is 5.02. The summed E-state index contributed by atoms with van der Waals surface area (Å²) in [5, 5.41) is 11.7. The monoisotopic (exact) mass is 307 g/mol. The Balaban J connectivity index is 2.90. The van der Waals surface area contributed by atoms with Crippen molar-refractivity contribution in [2.45, 2.75) is 18.6 Å². The Morgan fingerprint density at radius 2 is 2.19 bits per heavy atom. The van der Waals surface area contributed by atoms with Crippen LogP contribution in [0.4, 0.5) is 0 Å². The first-order chi connectivity index (χ1) is 9.93. The number of carbonyl (C=O) groups excluding carboxylic acids is 1. The first-order valence-electron chi connectivity index (χ1n) is 6.54. The molecule has 0 aromatic heterocycles.